The van der Waals surface area contributed by atoms with Crippen LogP contribution >= 0.6 is 11.3 Å². The summed E-state index contributed by atoms with van der Waals surface area (Å²) < 4.78 is 5.31. The maximum absolute atomic E-state index is 12.8. The number of carbonyl (C=O) groups excluding carboxylic acids is 3. The number of carbonyl (C=O) groups is 3. The predicted molar refractivity (Wildman–Crippen MR) is 90.9 cm³/mol. The molecule has 4 rings (SSSR count). The van der Waals surface area contributed by atoms with Gasteiger partial charge < -0.3 is 15.0 Å². The van der Waals surface area contributed by atoms with E-state index in [1.165, 1.54) is 4.90 Å². The Morgan fingerprint density at radius 1 is 1.28 bits per heavy atom. The summed E-state index contributed by atoms with van der Waals surface area (Å²) in [6.07, 6.45) is 1.42. The summed E-state index contributed by atoms with van der Waals surface area (Å²) in [5.74, 6) is -0.0756. The lowest BCUT2D eigenvalue weighted by atomic mass is 9.90. The molecule has 1 atom stereocenters. The Hall–Kier alpha value is -1.93. The highest BCUT2D eigenvalue weighted by Crippen LogP contribution is 2.30. The van der Waals surface area contributed by atoms with E-state index in [1.807, 2.05) is 22.4 Å². The molecule has 1 N–H and O–H groups in total. The molecule has 3 aliphatic heterocycles. The molecule has 3 aliphatic rings. The topological polar surface area (TPSA) is 79.0 Å². The summed E-state index contributed by atoms with van der Waals surface area (Å²) in [5, 5.41) is 4.86. The van der Waals surface area contributed by atoms with Crippen LogP contribution < -0.4 is 5.32 Å². The lowest BCUT2D eigenvalue weighted by Gasteiger charge is -2.30. The van der Waals surface area contributed by atoms with E-state index >= 15 is 0 Å². The fourth-order valence-corrected chi connectivity index (χ4v) is 4.60. The number of nitrogens with one attached hydrogen (secondary N) is 1. The average Bonchev–Trinajstić information content (AvgIpc) is 3.27. The fourth-order valence-electron chi connectivity index (χ4n) is 3.88. The standard InChI is InChI=1S/C17H21N3O4S/c21-14-8-12(9-19(14)11-13-2-1-7-25-13)10-20-15(22)17(18-16(20)23)3-5-24-6-4-17/h1-2,7,12H,3-6,8-11H2,(H,18,23). The first kappa shape index (κ1) is 16.5. The molecule has 25 heavy (non-hydrogen) atoms. The zero-order valence-corrected chi connectivity index (χ0v) is 14.7. The van der Waals surface area contributed by atoms with Crippen LogP contribution in [0.1, 0.15) is 24.1 Å². The molecule has 134 valence electrons. The highest BCUT2D eigenvalue weighted by Gasteiger charge is 2.52. The molecule has 0 bridgehead atoms. The predicted octanol–water partition coefficient (Wildman–Crippen LogP) is 1.20. The quantitative estimate of drug-likeness (QED) is 0.816. The van der Waals surface area contributed by atoms with E-state index < -0.39 is 5.54 Å². The van der Waals surface area contributed by atoms with Crippen LogP contribution in [0.25, 0.3) is 0 Å². The Morgan fingerprint density at radius 3 is 2.80 bits per heavy atom. The van der Waals surface area contributed by atoms with Gasteiger partial charge >= 0.3 is 6.03 Å². The first-order valence-electron chi connectivity index (χ1n) is 8.59. The largest absolute Gasteiger partial charge is 0.381 e. The molecule has 1 aromatic rings. The number of amides is 4. The number of rotatable bonds is 4. The van der Waals surface area contributed by atoms with Crippen LogP contribution in [0.5, 0.6) is 0 Å². The van der Waals surface area contributed by atoms with Crippen molar-refractivity contribution in [3.8, 4) is 0 Å². The van der Waals surface area contributed by atoms with Gasteiger partial charge in [0, 0.05) is 56.4 Å². The SMILES string of the molecule is O=C1CC(CN2C(=O)NC3(CCOCC3)C2=O)CN1Cc1cccs1. The van der Waals surface area contributed by atoms with E-state index in [9.17, 15) is 14.4 Å². The van der Waals surface area contributed by atoms with E-state index in [4.69, 9.17) is 4.74 Å². The van der Waals surface area contributed by atoms with E-state index in [0.29, 0.717) is 52.1 Å². The zero-order valence-electron chi connectivity index (χ0n) is 13.9. The van der Waals surface area contributed by atoms with Crippen molar-refractivity contribution in [3.05, 3.63) is 22.4 Å². The van der Waals surface area contributed by atoms with Gasteiger partial charge in [-0.1, -0.05) is 6.07 Å². The summed E-state index contributed by atoms with van der Waals surface area (Å²) in [4.78, 5) is 41.6. The molecule has 8 heteroatoms. The van der Waals surface area contributed by atoms with Crippen LogP contribution in [-0.2, 0) is 20.9 Å². The van der Waals surface area contributed by atoms with Crippen LogP contribution in [0, 0.1) is 5.92 Å². The minimum absolute atomic E-state index is 0.00264. The third kappa shape index (κ3) is 3.04. The summed E-state index contributed by atoms with van der Waals surface area (Å²) in [6.45, 7) is 2.46. The Morgan fingerprint density at radius 2 is 2.08 bits per heavy atom. The highest BCUT2D eigenvalue weighted by molar-refractivity contribution is 7.09. The first-order chi connectivity index (χ1) is 12.1. The second-order valence-corrected chi connectivity index (χ2v) is 8.00. The van der Waals surface area contributed by atoms with Crippen molar-refractivity contribution in [1.82, 2.24) is 15.1 Å². The van der Waals surface area contributed by atoms with E-state index in [-0.39, 0.29) is 23.8 Å². The summed E-state index contributed by atoms with van der Waals surface area (Å²) in [5.41, 5.74) is -0.797. The summed E-state index contributed by atoms with van der Waals surface area (Å²) >= 11 is 1.63. The van der Waals surface area contributed by atoms with Gasteiger partial charge in [0.2, 0.25) is 5.91 Å². The lowest BCUT2D eigenvalue weighted by molar-refractivity contribution is -0.135. The van der Waals surface area contributed by atoms with Crippen molar-refractivity contribution >= 4 is 29.2 Å². The van der Waals surface area contributed by atoms with Gasteiger partial charge in [-0.15, -0.1) is 11.3 Å². The zero-order chi connectivity index (χ0) is 17.4. The monoisotopic (exact) mass is 363 g/mol. The van der Waals surface area contributed by atoms with Gasteiger partial charge in [-0.2, -0.15) is 0 Å². The third-order valence-electron chi connectivity index (χ3n) is 5.25. The lowest BCUT2D eigenvalue weighted by Crippen LogP contribution is -2.51. The molecule has 0 aromatic carbocycles. The smallest absolute Gasteiger partial charge is 0.325 e. The van der Waals surface area contributed by atoms with Gasteiger partial charge in [-0.3, -0.25) is 14.5 Å². The third-order valence-corrected chi connectivity index (χ3v) is 6.12. The number of ether oxygens (including phenoxy) is 1. The Labute approximate surface area is 149 Å². The van der Waals surface area contributed by atoms with Gasteiger partial charge in [0.1, 0.15) is 5.54 Å². The number of hydrogen-bond donors (Lipinski definition) is 1. The highest BCUT2D eigenvalue weighted by atomic mass is 32.1. The molecule has 3 saturated heterocycles. The van der Waals surface area contributed by atoms with Crippen LogP contribution in [0.3, 0.4) is 0 Å². The molecule has 0 aliphatic carbocycles. The molecule has 0 saturated carbocycles. The van der Waals surface area contributed by atoms with Crippen molar-refractivity contribution in [2.75, 3.05) is 26.3 Å². The number of hydrogen-bond acceptors (Lipinski definition) is 5. The summed E-state index contributed by atoms with van der Waals surface area (Å²) in [6, 6.07) is 3.65. The van der Waals surface area contributed by atoms with E-state index in [2.05, 4.69) is 5.32 Å². The molecule has 1 spiro atoms. The van der Waals surface area contributed by atoms with Crippen molar-refractivity contribution in [3.63, 3.8) is 0 Å². The fraction of sp³-hybridized carbons (Fsp3) is 0.588. The number of thiophene rings is 1. The van der Waals surface area contributed by atoms with Gasteiger partial charge in [0.05, 0.1) is 6.54 Å². The molecule has 3 fully saturated rings. The van der Waals surface area contributed by atoms with Crippen LogP contribution in [0.4, 0.5) is 4.79 Å². The van der Waals surface area contributed by atoms with Crippen molar-refractivity contribution in [1.29, 1.82) is 0 Å². The van der Waals surface area contributed by atoms with Crippen LogP contribution in [0.15, 0.2) is 17.5 Å². The maximum atomic E-state index is 12.8. The number of nitrogens with zero attached hydrogens (tertiary/aromatic N) is 2. The van der Waals surface area contributed by atoms with Gasteiger partial charge in [0.25, 0.3) is 5.91 Å². The minimum atomic E-state index is -0.797. The second kappa shape index (κ2) is 6.42. The van der Waals surface area contributed by atoms with Crippen molar-refractivity contribution in [2.45, 2.75) is 31.3 Å². The Bertz CT molecular complexity index is 684. The molecule has 1 unspecified atom stereocenters. The van der Waals surface area contributed by atoms with Gasteiger partial charge in [-0.25, -0.2) is 4.79 Å². The van der Waals surface area contributed by atoms with Gasteiger partial charge in [-0.05, 0) is 11.4 Å². The van der Waals surface area contributed by atoms with Gasteiger partial charge in [0.15, 0.2) is 0 Å². The molecule has 0 radical (unpaired) electrons. The second-order valence-electron chi connectivity index (χ2n) is 6.96. The van der Waals surface area contributed by atoms with Crippen molar-refractivity contribution in [2.24, 2.45) is 5.92 Å². The van der Waals surface area contributed by atoms with E-state index in [0.717, 1.165) is 4.88 Å². The number of urea groups is 1. The molecular formula is C17H21N3O4S. The number of likely N-dealkylation sites (tertiary alicyclic amines) is 1. The Balaban J connectivity index is 1.40. The average molecular weight is 363 g/mol. The Kier molecular flexibility index (Phi) is 4.24. The van der Waals surface area contributed by atoms with E-state index in [1.54, 1.807) is 11.3 Å². The molecule has 4 amide bonds. The molecular weight excluding hydrogens is 342 g/mol. The molecule has 7 nitrogen and oxygen atoms in total. The maximum Gasteiger partial charge on any atom is 0.325 e. The van der Waals surface area contributed by atoms with Crippen LogP contribution in [-0.4, -0.2) is 59.5 Å². The normalized spacial score (nSPS) is 25.9. The first-order valence-corrected chi connectivity index (χ1v) is 9.47. The van der Waals surface area contributed by atoms with Crippen molar-refractivity contribution < 1.29 is 19.1 Å². The molecule has 1 aromatic heterocycles. The number of imide groups is 1. The summed E-state index contributed by atoms with van der Waals surface area (Å²) in [7, 11) is 0. The van der Waals surface area contributed by atoms with Crippen LogP contribution in [0.2, 0.25) is 0 Å². The molecule has 4 heterocycles. The minimum Gasteiger partial charge on any atom is -0.381 e.